The minimum absolute atomic E-state index is 0.413. The van der Waals surface area contributed by atoms with E-state index in [2.05, 4.69) is 16.7 Å². The van der Waals surface area contributed by atoms with E-state index in [1.54, 1.807) is 0 Å². The van der Waals surface area contributed by atoms with Gasteiger partial charge in [-0.05, 0) is 45.9 Å². The van der Waals surface area contributed by atoms with E-state index in [0.29, 0.717) is 0 Å². The van der Waals surface area contributed by atoms with Crippen LogP contribution in [0.15, 0.2) is 91.1 Å². The molecule has 3 aromatic carbocycles. The number of nitriles is 2. The zero-order chi connectivity index (χ0) is 19.8. The van der Waals surface area contributed by atoms with Gasteiger partial charge in [0, 0.05) is 11.7 Å². The molecule has 1 unspecified atom stereocenters. The molecule has 0 aliphatic heterocycles. The average molecular weight is 371 g/mol. The van der Waals surface area contributed by atoms with Crippen molar-refractivity contribution in [3.05, 3.63) is 108 Å². The first-order chi connectivity index (χ1) is 14.3. The Kier molecular flexibility index (Phi) is 3.83. The Morgan fingerprint density at radius 3 is 2.28 bits per heavy atom. The van der Waals surface area contributed by atoms with Gasteiger partial charge < -0.3 is 4.57 Å². The van der Waals surface area contributed by atoms with Gasteiger partial charge in [0.05, 0.1) is 18.2 Å². The monoisotopic (exact) mass is 371 g/mol. The molecule has 0 amide bonds. The van der Waals surface area contributed by atoms with Crippen molar-refractivity contribution >= 4 is 22.6 Å². The van der Waals surface area contributed by atoms with Crippen LogP contribution in [0.2, 0.25) is 0 Å². The molecule has 0 N–H and O–H groups in total. The lowest BCUT2D eigenvalue weighted by Crippen LogP contribution is -2.26. The smallest absolute Gasteiger partial charge is 0.193 e. The number of hydrogen-bond donors (Lipinski definition) is 0. The Hall–Kier alpha value is -4.08. The Morgan fingerprint density at radius 1 is 0.793 bits per heavy atom. The molecule has 0 spiro atoms. The summed E-state index contributed by atoms with van der Waals surface area (Å²) in [5.74, 6) is 0. The van der Waals surface area contributed by atoms with E-state index >= 15 is 0 Å². The minimum Gasteiger partial charge on any atom is -0.337 e. The Labute approximate surface area is 169 Å². The third-order valence-corrected chi connectivity index (χ3v) is 5.75. The number of allylic oxidation sites excluding steroid dienone is 1. The van der Waals surface area contributed by atoms with Crippen LogP contribution in [-0.2, 0) is 0 Å². The molecule has 136 valence electrons. The quantitative estimate of drug-likeness (QED) is 0.446. The Morgan fingerprint density at radius 2 is 1.48 bits per heavy atom. The minimum atomic E-state index is -1.32. The third kappa shape index (κ3) is 2.42. The summed E-state index contributed by atoms with van der Waals surface area (Å²) in [7, 11) is 0. The predicted octanol–water partition coefficient (Wildman–Crippen LogP) is 5.82. The summed E-state index contributed by atoms with van der Waals surface area (Å²) in [6, 6.07) is 32.3. The second-order valence-corrected chi connectivity index (χ2v) is 7.27. The molecule has 5 rings (SSSR count). The summed E-state index contributed by atoms with van der Waals surface area (Å²) in [6.07, 6.45) is 3.97. The lowest BCUT2D eigenvalue weighted by Gasteiger charge is -2.26. The number of benzene rings is 3. The molecular formula is C26H17N3. The largest absolute Gasteiger partial charge is 0.337 e. The van der Waals surface area contributed by atoms with E-state index < -0.39 is 11.5 Å². The number of fused-ring (bicyclic) bond motifs is 2. The number of hydrogen-bond acceptors (Lipinski definition) is 2. The van der Waals surface area contributed by atoms with E-state index in [1.165, 1.54) is 0 Å². The first-order valence-electron chi connectivity index (χ1n) is 9.53. The summed E-state index contributed by atoms with van der Waals surface area (Å²) in [4.78, 5) is 0. The molecule has 1 aromatic heterocycles. The zero-order valence-electron chi connectivity index (χ0n) is 15.7. The van der Waals surface area contributed by atoms with Crippen molar-refractivity contribution < 1.29 is 0 Å². The highest BCUT2D eigenvalue weighted by molar-refractivity contribution is 5.94. The van der Waals surface area contributed by atoms with Gasteiger partial charge in [-0.25, -0.2) is 0 Å². The molecule has 29 heavy (non-hydrogen) atoms. The molecule has 1 atom stereocenters. The fourth-order valence-corrected chi connectivity index (χ4v) is 4.44. The van der Waals surface area contributed by atoms with Gasteiger partial charge in [-0.3, -0.25) is 0 Å². The highest BCUT2D eigenvalue weighted by atomic mass is 15.0. The standard InChI is InChI=1S/C26H17N3/c27-17-26(18-28)23(16-19-8-2-1-3-9-19)21-11-5-6-12-22(21)25(26)29-15-14-20-10-4-7-13-24(20)29/h1-16,25H/b23-16-. The highest BCUT2D eigenvalue weighted by Crippen LogP contribution is 2.56. The molecule has 0 saturated heterocycles. The topological polar surface area (TPSA) is 52.5 Å². The van der Waals surface area contributed by atoms with Gasteiger partial charge in [0.25, 0.3) is 0 Å². The van der Waals surface area contributed by atoms with Crippen LogP contribution < -0.4 is 0 Å². The highest BCUT2D eigenvalue weighted by Gasteiger charge is 2.52. The van der Waals surface area contributed by atoms with Crippen molar-refractivity contribution in [3.63, 3.8) is 0 Å². The van der Waals surface area contributed by atoms with Crippen LogP contribution in [0.1, 0.15) is 22.7 Å². The van der Waals surface area contributed by atoms with Gasteiger partial charge in [0.2, 0.25) is 0 Å². The first kappa shape index (κ1) is 17.0. The van der Waals surface area contributed by atoms with Crippen LogP contribution >= 0.6 is 0 Å². The maximum Gasteiger partial charge on any atom is 0.193 e. The molecule has 0 bridgehead atoms. The lowest BCUT2D eigenvalue weighted by atomic mass is 9.79. The summed E-state index contributed by atoms with van der Waals surface area (Å²) < 4.78 is 2.08. The van der Waals surface area contributed by atoms with Gasteiger partial charge in [0.1, 0.15) is 0 Å². The van der Waals surface area contributed by atoms with Crippen molar-refractivity contribution in [3.8, 4) is 12.1 Å². The van der Waals surface area contributed by atoms with Gasteiger partial charge in [-0.15, -0.1) is 0 Å². The Balaban J connectivity index is 1.83. The maximum absolute atomic E-state index is 10.4. The average Bonchev–Trinajstić information content (AvgIpc) is 3.31. The van der Waals surface area contributed by atoms with Crippen LogP contribution in [0.25, 0.3) is 22.6 Å². The van der Waals surface area contributed by atoms with Crippen LogP contribution in [0.5, 0.6) is 0 Å². The molecule has 4 aromatic rings. The van der Waals surface area contributed by atoms with Gasteiger partial charge in [-0.2, -0.15) is 10.5 Å². The van der Waals surface area contributed by atoms with E-state index in [9.17, 15) is 10.5 Å². The lowest BCUT2D eigenvalue weighted by molar-refractivity contribution is 0.482. The second kappa shape index (κ2) is 6.51. The SMILES string of the molecule is N#CC1(C#N)/C(=C\c2ccccc2)c2ccccc2C1n1ccc2ccccc21. The summed E-state index contributed by atoms with van der Waals surface area (Å²) in [6.45, 7) is 0. The normalized spacial score (nSPS) is 18.3. The van der Waals surface area contributed by atoms with Crippen LogP contribution in [-0.4, -0.2) is 4.57 Å². The van der Waals surface area contributed by atoms with E-state index in [1.807, 2.05) is 97.2 Å². The van der Waals surface area contributed by atoms with Crippen molar-refractivity contribution in [1.29, 1.82) is 10.5 Å². The number of nitrogens with zero attached hydrogens (tertiary/aromatic N) is 3. The molecule has 0 radical (unpaired) electrons. The summed E-state index contributed by atoms with van der Waals surface area (Å²) >= 11 is 0. The third-order valence-electron chi connectivity index (χ3n) is 5.75. The predicted molar refractivity (Wildman–Crippen MR) is 114 cm³/mol. The van der Waals surface area contributed by atoms with Gasteiger partial charge in [-0.1, -0.05) is 72.8 Å². The molecular weight excluding hydrogens is 354 g/mol. The van der Waals surface area contributed by atoms with Crippen LogP contribution in [0.3, 0.4) is 0 Å². The van der Waals surface area contributed by atoms with Gasteiger partial charge >= 0.3 is 0 Å². The fraction of sp³-hybridized carbons (Fsp3) is 0.0769. The molecule has 1 aliphatic rings. The number of para-hydroxylation sites is 1. The molecule has 1 heterocycles. The van der Waals surface area contributed by atoms with Crippen molar-refractivity contribution in [2.45, 2.75) is 6.04 Å². The van der Waals surface area contributed by atoms with Gasteiger partial charge in [0.15, 0.2) is 5.41 Å². The summed E-state index contributed by atoms with van der Waals surface area (Å²) in [5, 5.41) is 21.8. The first-order valence-corrected chi connectivity index (χ1v) is 9.53. The summed E-state index contributed by atoms with van der Waals surface area (Å²) in [5.41, 5.74) is 3.39. The molecule has 3 nitrogen and oxygen atoms in total. The van der Waals surface area contributed by atoms with E-state index in [4.69, 9.17) is 0 Å². The Bertz CT molecular complexity index is 1320. The van der Waals surface area contributed by atoms with Crippen molar-refractivity contribution in [2.24, 2.45) is 5.41 Å². The maximum atomic E-state index is 10.4. The van der Waals surface area contributed by atoms with E-state index in [-0.39, 0.29) is 0 Å². The fourth-order valence-electron chi connectivity index (χ4n) is 4.44. The zero-order valence-corrected chi connectivity index (χ0v) is 15.7. The number of rotatable bonds is 2. The number of aromatic nitrogens is 1. The molecule has 1 aliphatic carbocycles. The van der Waals surface area contributed by atoms with Crippen molar-refractivity contribution in [1.82, 2.24) is 4.57 Å². The van der Waals surface area contributed by atoms with E-state index in [0.717, 1.165) is 33.2 Å². The van der Waals surface area contributed by atoms with Crippen LogP contribution in [0.4, 0.5) is 0 Å². The van der Waals surface area contributed by atoms with Crippen molar-refractivity contribution in [2.75, 3.05) is 0 Å². The van der Waals surface area contributed by atoms with Crippen LogP contribution in [0, 0.1) is 28.1 Å². The molecule has 0 saturated carbocycles. The molecule has 0 fully saturated rings. The second-order valence-electron chi connectivity index (χ2n) is 7.27. The molecule has 3 heteroatoms.